The van der Waals surface area contributed by atoms with E-state index in [1.165, 1.54) is 24.3 Å². The summed E-state index contributed by atoms with van der Waals surface area (Å²) in [5.74, 6) is -1.26. The summed E-state index contributed by atoms with van der Waals surface area (Å²) in [5, 5.41) is 5.41. The maximum Gasteiger partial charge on any atom is 0.255 e. The van der Waals surface area contributed by atoms with Crippen molar-refractivity contribution in [3.8, 4) is 0 Å². The predicted octanol–water partition coefficient (Wildman–Crippen LogP) is 4.97. The maximum absolute atomic E-state index is 13.2. The van der Waals surface area contributed by atoms with Crippen molar-refractivity contribution >= 4 is 29.1 Å². The van der Waals surface area contributed by atoms with Crippen molar-refractivity contribution in [2.45, 2.75) is 13.5 Å². The number of halogens is 2. The molecule has 0 radical (unpaired) electrons. The second-order valence-electron chi connectivity index (χ2n) is 6.27. The molecule has 0 bridgehead atoms. The van der Waals surface area contributed by atoms with Crippen LogP contribution < -0.4 is 10.6 Å². The van der Waals surface area contributed by atoms with Crippen LogP contribution in [-0.2, 0) is 6.54 Å². The highest BCUT2D eigenvalue weighted by atomic mass is 35.5. The third kappa shape index (κ3) is 4.75. The summed E-state index contributed by atoms with van der Waals surface area (Å²) < 4.78 is 13.2. The Hall–Kier alpha value is -3.18. The normalized spacial score (nSPS) is 10.4. The van der Waals surface area contributed by atoms with Gasteiger partial charge in [-0.1, -0.05) is 41.9 Å². The number of rotatable bonds is 5. The van der Waals surface area contributed by atoms with Crippen molar-refractivity contribution in [3.63, 3.8) is 0 Å². The van der Waals surface area contributed by atoms with Crippen LogP contribution in [0.4, 0.5) is 10.1 Å². The Kier molecular flexibility index (Phi) is 6.06. The van der Waals surface area contributed by atoms with Crippen molar-refractivity contribution < 1.29 is 14.0 Å². The molecule has 0 aliphatic rings. The van der Waals surface area contributed by atoms with E-state index in [1.807, 2.05) is 31.2 Å². The van der Waals surface area contributed by atoms with Crippen LogP contribution in [0.2, 0.25) is 5.02 Å². The van der Waals surface area contributed by atoms with E-state index in [9.17, 15) is 14.0 Å². The molecule has 0 aliphatic heterocycles. The number of aryl methyl sites for hydroxylation is 1. The standard InChI is InChI=1S/C22H18ClFN2O2/c1-14-5-2-3-6-17(14)13-25-21(27)15-7-4-8-16(11-15)22(28)26-18-9-10-20(24)19(23)12-18/h2-12H,13H2,1H3,(H,25,27)(H,26,28). The van der Waals surface area contributed by atoms with E-state index in [1.54, 1.807) is 18.2 Å². The van der Waals surface area contributed by atoms with Gasteiger partial charge < -0.3 is 10.6 Å². The minimum atomic E-state index is -0.563. The van der Waals surface area contributed by atoms with E-state index in [2.05, 4.69) is 10.6 Å². The molecule has 0 saturated heterocycles. The SMILES string of the molecule is Cc1ccccc1CNC(=O)c1cccc(C(=O)Nc2ccc(F)c(Cl)c2)c1. The average Bonchev–Trinajstić information content (AvgIpc) is 2.70. The molecular formula is C22H18ClFN2O2. The number of hydrogen-bond acceptors (Lipinski definition) is 2. The number of anilines is 1. The lowest BCUT2D eigenvalue weighted by molar-refractivity contribution is 0.0951. The van der Waals surface area contributed by atoms with Crippen LogP contribution in [-0.4, -0.2) is 11.8 Å². The first-order valence-corrected chi connectivity index (χ1v) is 9.01. The van der Waals surface area contributed by atoms with Crippen molar-refractivity contribution in [2.24, 2.45) is 0 Å². The van der Waals surface area contributed by atoms with Crippen molar-refractivity contribution in [3.05, 3.63) is 99.8 Å². The highest BCUT2D eigenvalue weighted by Crippen LogP contribution is 2.20. The van der Waals surface area contributed by atoms with Gasteiger partial charge in [0.1, 0.15) is 5.82 Å². The number of carbonyl (C=O) groups excluding carboxylic acids is 2. The summed E-state index contributed by atoms with van der Waals surface area (Å²) >= 11 is 5.73. The lowest BCUT2D eigenvalue weighted by Crippen LogP contribution is -2.23. The molecule has 0 atom stereocenters. The summed E-state index contributed by atoms with van der Waals surface area (Å²) in [6.45, 7) is 2.38. The smallest absolute Gasteiger partial charge is 0.255 e. The Morgan fingerprint density at radius 1 is 0.929 bits per heavy atom. The zero-order chi connectivity index (χ0) is 20.1. The fourth-order valence-electron chi connectivity index (χ4n) is 2.66. The molecule has 0 saturated carbocycles. The van der Waals surface area contributed by atoms with Gasteiger partial charge in [-0.15, -0.1) is 0 Å². The molecule has 0 fully saturated rings. The first-order valence-electron chi connectivity index (χ1n) is 8.63. The van der Waals surface area contributed by atoms with E-state index in [4.69, 9.17) is 11.6 Å². The third-order valence-corrected chi connectivity index (χ3v) is 4.55. The van der Waals surface area contributed by atoms with Crippen molar-refractivity contribution in [1.29, 1.82) is 0 Å². The van der Waals surface area contributed by atoms with Crippen molar-refractivity contribution in [2.75, 3.05) is 5.32 Å². The third-order valence-electron chi connectivity index (χ3n) is 4.27. The fourth-order valence-corrected chi connectivity index (χ4v) is 2.85. The van der Waals surface area contributed by atoms with Crippen LogP contribution >= 0.6 is 11.6 Å². The van der Waals surface area contributed by atoms with E-state index in [0.717, 1.165) is 11.1 Å². The van der Waals surface area contributed by atoms with Gasteiger partial charge in [0.25, 0.3) is 11.8 Å². The maximum atomic E-state index is 13.2. The van der Waals surface area contributed by atoms with Gasteiger partial charge in [0.2, 0.25) is 0 Å². The van der Waals surface area contributed by atoms with Crippen LogP contribution in [0.3, 0.4) is 0 Å². The molecule has 0 heterocycles. The molecule has 0 unspecified atom stereocenters. The Morgan fingerprint density at radius 3 is 2.36 bits per heavy atom. The number of benzene rings is 3. The van der Waals surface area contributed by atoms with Gasteiger partial charge >= 0.3 is 0 Å². The molecule has 6 heteroatoms. The van der Waals surface area contributed by atoms with Crippen LogP contribution in [0.1, 0.15) is 31.8 Å². The quantitative estimate of drug-likeness (QED) is 0.639. The molecule has 2 amide bonds. The highest BCUT2D eigenvalue weighted by Gasteiger charge is 2.12. The van der Waals surface area contributed by atoms with Gasteiger partial charge in [-0.2, -0.15) is 0 Å². The van der Waals surface area contributed by atoms with E-state index >= 15 is 0 Å². The van der Waals surface area contributed by atoms with E-state index in [-0.39, 0.29) is 10.9 Å². The van der Waals surface area contributed by atoms with E-state index < -0.39 is 11.7 Å². The Morgan fingerprint density at radius 2 is 1.64 bits per heavy atom. The Balaban J connectivity index is 1.68. The first kappa shape index (κ1) is 19.6. The molecule has 142 valence electrons. The zero-order valence-electron chi connectivity index (χ0n) is 15.1. The van der Waals surface area contributed by atoms with Crippen LogP contribution in [0.5, 0.6) is 0 Å². The van der Waals surface area contributed by atoms with E-state index in [0.29, 0.717) is 23.4 Å². The molecule has 0 aromatic heterocycles. The van der Waals surface area contributed by atoms with Crippen LogP contribution in [0.15, 0.2) is 66.7 Å². The minimum absolute atomic E-state index is 0.0814. The predicted molar refractivity (Wildman–Crippen MR) is 108 cm³/mol. The fraction of sp³-hybridized carbons (Fsp3) is 0.0909. The number of amides is 2. The van der Waals surface area contributed by atoms with Gasteiger partial charge in [-0.3, -0.25) is 9.59 Å². The molecule has 0 spiro atoms. The average molecular weight is 397 g/mol. The Labute approximate surface area is 167 Å². The van der Waals surface area contributed by atoms with Gasteiger partial charge in [-0.05, 0) is 54.4 Å². The first-order chi connectivity index (χ1) is 13.4. The summed E-state index contributed by atoms with van der Waals surface area (Å²) in [7, 11) is 0. The second kappa shape index (κ2) is 8.67. The molecular weight excluding hydrogens is 379 g/mol. The molecule has 4 nitrogen and oxygen atoms in total. The van der Waals surface area contributed by atoms with Gasteiger partial charge in [0.15, 0.2) is 0 Å². The topological polar surface area (TPSA) is 58.2 Å². The molecule has 3 aromatic rings. The van der Waals surface area contributed by atoms with Gasteiger partial charge in [-0.25, -0.2) is 4.39 Å². The van der Waals surface area contributed by atoms with Gasteiger partial charge in [0.05, 0.1) is 5.02 Å². The lowest BCUT2D eigenvalue weighted by atomic mass is 10.1. The number of carbonyl (C=O) groups is 2. The molecule has 28 heavy (non-hydrogen) atoms. The largest absolute Gasteiger partial charge is 0.348 e. The number of hydrogen-bond donors (Lipinski definition) is 2. The monoisotopic (exact) mass is 396 g/mol. The lowest BCUT2D eigenvalue weighted by Gasteiger charge is -2.10. The second-order valence-corrected chi connectivity index (χ2v) is 6.68. The molecule has 3 aromatic carbocycles. The Bertz CT molecular complexity index is 1040. The van der Waals surface area contributed by atoms with Crippen LogP contribution in [0, 0.1) is 12.7 Å². The minimum Gasteiger partial charge on any atom is -0.348 e. The highest BCUT2D eigenvalue weighted by molar-refractivity contribution is 6.31. The summed E-state index contributed by atoms with van der Waals surface area (Å²) in [5.41, 5.74) is 3.17. The zero-order valence-corrected chi connectivity index (χ0v) is 15.9. The molecule has 3 rings (SSSR count). The number of nitrogens with one attached hydrogen (secondary N) is 2. The van der Waals surface area contributed by atoms with Crippen molar-refractivity contribution in [1.82, 2.24) is 5.32 Å². The summed E-state index contributed by atoms with van der Waals surface area (Å²) in [6.07, 6.45) is 0. The van der Waals surface area contributed by atoms with Crippen LogP contribution in [0.25, 0.3) is 0 Å². The van der Waals surface area contributed by atoms with Gasteiger partial charge in [0, 0.05) is 23.4 Å². The molecule has 0 aliphatic carbocycles. The molecule has 2 N–H and O–H groups in total. The summed E-state index contributed by atoms with van der Waals surface area (Å²) in [4.78, 5) is 24.9. The summed E-state index contributed by atoms with van der Waals surface area (Å²) in [6, 6.07) is 18.1.